The third kappa shape index (κ3) is 2.03. The molecule has 0 spiro atoms. The molecule has 11 heavy (non-hydrogen) atoms. The minimum absolute atomic E-state index is 0.126. The van der Waals surface area contributed by atoms with Crippen molar-refractivity contribution in [2.24, 2.45) is 5.92 Å². The molecule has 0 saturated heterocycles. The smallest absolute Gasteiger partial charge is 0.207 e. The van der Waals surface area contributed by atoms with E-state index in [4.69, 9.17) is 0 Å². The number of rotatable bonds is 2. The average Bonchev–Trinajstić information content (AvgIpc) is 1.98. The van der Waals surface area contributed by atoms with E-state index in [1.54, 1.807) is 0 Å². The van der Waals surface area contributed by atoms with Crippen LogP contribution in [-0.2, 0) is 9.59 Å². The van der Waals surface area contributed by atoms with Gasteiger partial charge < -0.3 is 5.32 Å². The molecule has 1 saturated carbocycles. The summed E-state index contributed by atoms with van der Waals surface area (Å²) in [4.78, 5) is 21.1. The van der Waals surface area contributed by atoms with E-state index in [-0.39, 0.29) is 12.0 Å². The molecule has 0 aliphatic heterocycles. The Morgan fingerprint density at radius 3 is 2.91 bits per heavy atom. The van der Waals surface area contributed by atoms with Gasteiger partial charge in [0.15, 0.2) is 0 Å². The van der Waals surface area contributed by atoms with E-state index in [1.807, 2.05) is 6.92 Å². The predicted octanol–water partition coefficient (Wildman–Crippen LogP) is 0.490. The van der Waals surface area contributed by atoms with Crippen LogP contribution < -0.4 is 5.32 Å². The van der Waals surface area contributed by atoms with E-state index in [9.17, 15) is 9.59 Å². The third-order valence-electron chi connectivity index (χ3n) is 2.23. The maximum atomic E-state index is 11.0. The number of amides is 1. The average molecular weight is 155 g/mol. The fraction of sp³-hybridized carbons (Fsp3) is 0.750. The summed E-state index contributed by atoms with van der Waals surface area (Å²) in [7, 11) is 0. The Morgan fingerprint density at radius 2 is 2.36 bits per heavy atom. The van der Waals surface area contributed by atoms with Crippen LogP contribution in [0, 0.1) is 5.92 Å². The van der Waals surface area contributed by atoms with Gasteiger partial charge in [-0.05, 0) is 12.8 Å². The van der Waals surface area contributed by atoms with Gasteiger partial charge in [-0.1, -0.05) is 6.92 Å². The van der Waals surface area contributed by atoms with E-state index in [1.165, 1.54) is 0 Å². The summed E-state index contributed by atoms with van der Waals surface area (Å²) in [6.07, 6.45) is 2.94. The Kier molecular flexibility index (Phi) is 2.63. The molecule has 1 fully saturated rings. The Balaban J connectivity index is 2.39. The highest BCUT2D eigenvalue weighted by atomic mass is 16.1. The zero-order valence-corrected chi connectivity index (χ0v) is 6.67. The van der Waals surface area contributed by atoms with Crippen LogP contribution in [0.3, 0.4) is 0 Å². The normalized spacial score (nSPS) is 31.5. The molecular formula is C8H13NO2. The number of nitrogens with one attached hydrogen (secondary N) is 1. The highest BCUT2D eigenvalue weighted by Gasteiger charge is 2.24. The molecule has 1 aliphatic rings. The zero-order valence-electron chi connectivity index (χ0n) is 6.67. The van der Waals surface area contributed by atoms with Gasteiger partial charge in [0.05, 0.1) is 0 Å². The van der Waals surface area contributed by atoms with Gasteiger partial charge in [0.1, 0.15) is 5.78 Å². The Labute approximate surface area is 66.2 Å². The van der Waals surface area contributed by atoms with Crippen molar-refractivity contribution in [3.63, 3.8) is 0 Å². The van der Waals surface area contributed by atoms with E-state index in [2.05, 4.69) is 5.32 Å². The summed E-state index contributed by atoms with van der Waals surface area (Å²) in [5, 5.41) is 2.70. The molecule has 3 nitrogen and oxygen atoms in total. The van der Waals surface area contributed by atoms with E-state index in [0.29, 0.717) is 18.6 Å². The first-order valence-electron chi connectivity index (χ1n) is 3.96. The second kappa shape index (κ2) is 3.51. The maximum absolute atomic E-state index is 11.0. The lowest BCUT2D eigenvalue weighted by molar-refractivity contribution is -0.125. The molecule has 0 aromatic rings. The number of carbonyl (C=O) groups is 2. The maximum Gasteiger partial charge on any atom is 0.207 e. The van der Waals surface area contributed by atoms with Gasteiger partial charge in [-0.15, -0.1) is 0 Å². The van der Waals surface area contributed by atoms with Gasteiger partial charge in [-0.2, -0.15) is 0 Å². The first kappa shape index (κ1) is 8.24. The van der Waals surface area contributed by atoms with Crippen LogP contribution in [0.25, 0.3) is 0 Å². The Morgan fingerprint density at radius 1 is 1.64 bits per heavy atom. The first-order valence-corrected chi connectivity index (χ1v) is 3.96. The van der Waals surface area contributed by atoms with Crippen molar-refractivity contribution in [1.29, 1.82) is 0 Å². The molecule has 2 unspecified atom stereocenters. The molecule has 1 N–H and O–H groups in total. The minimum atomic E-state index is 0.126. The molecule has 0 bridgehead atoms. The quantitative estimate of drug-likeness (QED) is 0.590. The van der Waals surface area contributed by atoms with Crippen molar-refractivity contribution in [1.82, 2.24) is 5.32 Å². The molecule has 62 valence electrons. The van der Waals surface area contributed by atoms with Crippen LogP contribution in [-0.4, -0.2) is 18.2 Å². The number of hydrogen-bond donors (Lipinski definition) is 1. The van der Waals surface area contributed by atoms with E-state index < -0.39 is 0 Å². The monoisotopic (exact) mass is 155 g/mol. The second-order valence-electron chi connectivity index (χ2n) is 3.12. The fourth-order valence-corrected chi connectivity index (χ4v) is 1.49. The summed E-state index contributed by atoms with van der Waals surface area (Å²) >= 11 is 0. The zero-order chi connectivity index (χ0) is 8.27. The lowest BCUT2D eigenvalue weighted by atomic mass is 9.86. The summed E-state index contributed by atoms with van der Waals surface area (Å²) < 4.78 is 0. The van der Waals surface area contributed by atoms with Gasteiger partial charge in [-0.3, -0.25) is 9.59 Å². The van der Waals surface area contributed by atoms with Crippen molar-refractivity contribution in [2.45, 2.75) is 32.2 Å². The molecule has 0 aromatic carbocycles. The van der Waals surface area contributed by atoms with Crippen LogP contribution in [0.4, 0.5) is 0 Å². The third-order valence-corrected chi connectivity index (χ3v) is 2.23. The highest BCUT2D eigenvalue weighted by molar-refractivity contribution is 5.81. The van der Waals surface area contributed by atoms with Gasteiger partial charge in [0.25, 0.3) is 0 Å². The fourth-order valence-electron chi connectivity index (χ4n) is 1.49. The lowest BCUT2D eigenvalue weighted by Gasteiger charge is -2.24. The molecule has 0 heterocycles. The molecule has 1 aliphatic carbocycles. The summed E-state index contributed by atoms with van der Waals surface area (Å²) in [6, 6.07) is 0.222. The number of carbonyl (C=O) groups excluding carboxylic acids is 2. The van der Waals surface area contributed by atoms with Gasteiger partial charge in [0.2, 0.25) is 6.41 Å². The molecule has 3 heteroatoms. The standard InChI is InChI=1S/C8H13NO2/c1-6-4-7(9-5-10)2-3-8(6)11/h5-7H,2-4H2,1H3,(H,9,10). The van der Waals surface area contributed by atoms with Crippen LogP contribution in [0.15, 0.2) is 0 Å². The number of ketones is 1. The van der Waals surface area contributed by atoms with Gasteiger partial charge in [-0.25, -0.2) is 0 Å². The SMILES string of the molecule is CC1CC(NC=O)CCC1=O. The molecule has 1 amide bonds. The van der Waals surface area contributed by atoms with Crippen molar-refractivity contribution < 1.29 is 9.59 Å². The predicted molar refractivity (Wildman–Crippen MR) is 41.0 cm³/mol. The van der Waals surface area contributed by atoms with Crippen molar-refractivity contribution >= 4 is 12.2 Å². The van der Waals surface area contributed by atoms with Gasteiger partial charge in [0, 0.05) is 18.4 Å². The highest BCUT2D eigenvalue weighted by Crippen LogP contribution is 2.19. The van der Waals surface area contributed by atoms with E-state index >= 15 is 0 Å². The largest absolute Gasteiger partial charge is 0.356 e. The van der Waals surface area contributed by atoms with Crippen LogP contribution in [0.2, 0.25) is 0 Å². The molecular weight excluding hydrogens is 142 g/mol. The molecule has 0 aromatic heterocycles. The van der Waals surface area contributed by atoms with Crippen LogP contribution >= 0.6 is 0 Å². The summed E-state index contributed by atoms with van der Waals surface area (Å²) in [6.45, 7) is 1.92. The Bertz CT molecular complexity index is 167. The van der Waals surface area contributed by atoms with Crippen LogP contribution in [0.1, 0.15) is 26.2 Å². The lowest BCUT2D eigenvalue weighted by Crippen LogP contribution is -2.36. The number of hydrogen-bond acceptors (Lipinski definition) is 2. The minimum Gasteiger partial charge on any atom is -0.356 e. The van der Waals surface area contributed by atoms with Crippen LogP contribution in [0.5, 0.6) is 0 Å². The van der Waals surface area contributed by atoms with Crippen molar-refractivity contribution in [2.75, 3.05) is 0 Å². The Hall–Kier alpha value is -0.860. The summed E-state index contributed by atoms with van der Waals surface area (Å²) in [5.74, 6) is 0.454. The van der Waals surface area contributed by atoms with E-state index in [0.717, 1.165) is 12.8 Å². The van der Waals surface area contributed by atoms with Gasteiger partial charge >= 0.3 is 0 Å². The first-order chi connectivity index (χ1) is 5.24. The molecule has 0 radical (unpaired) electrons. The second-order valence-corrected chi connectivity index (χ2v) is 3.12. The number of Topliss-reactive ketones (excluding diaryl/α,β-unsaturated/α-hetero) is 1. The molecule has 1 rings (SSSR count). The topological polar surface area (TPSA) is 46.2 Å². The van der Waals surface area contributed by atoms with Crippen molar-refractivity contribution in [3.8, 4) is 0 Å². The molecule has 2 atom stereocenters. The summed E-state index contributed by atoms with van der Waals surface area (Å²) in [5.41, 5.74) is 0. The van der Waals surface area contributed by atoms with Crippen molar-refractivity contribution in [3.05, 3.63) is 0 Å².